The standard InChI is InChI=1S/C16H26N2O2/c1-12-8-9-14(16(11-12)19-2)15(18-17)7-3-5-13-6-4-10-20-13/h8-9,11,13,15,18H,3-7,10,17H2,1-2H3. The first-order valence-electron chi connectivity index (χ1n) is 7.47. The molecule has 0 saturated carbocycles. The van der Waals surface area contributed by atoms with Crippen LogP contribution in [0.3, 0.4) is 0 Å². The summed E-state index contributed by atoms with van der Waals surface area (Å²) >= 11 is 0. The Morgan fingerprint density at radius 3 is 3.00 bits per heavy atom. The smallest absolute Gasteiger partial charge is 0.123 e. The van der Waals surface area contributed by atoms with Crippen LogP contribution in [0.5, 0.6) is 5.75 Å². The number of rotatable bonds is 7. The highest BCUT2D eigenvalue weighted by molar-refractivity contribution is 5.39. The van der Waals surface area contributed by atoms with Crippen molar-refractivity contribution in [3.63, 3.8) is 0 Å². The molecule has 0 radical (unpaired) electrons. The van der Waals surface area contributed by atoms with E-state index in [1.54, 1.807) is 7.11 Å². The second-order valence-corrected chi connectivity index (χ2v) is 5.53. The van der Waals surface area contributed by atoms with Crippen LogP contribution in [-0.4, -0.2) is 19.8 Å². The number of hydrazine groups is 1. The van der Waals surface area contributed by atoms with Crippen molar-refractivity contribution >= 4 is 0 Å². The number of aryl methyl sites for hydroxylation is 1. The first-order chi connectivity index (χ1) is 9.74. The number of nitrogens with two attached hydrogens (primary N) is 1. The van der Waals surface area contributed by atoms with E-state index in [-0.39, 0.29) is 6.04 Å². The largest absolute Gasteiger partial charge is 0.496 e. The Kier molecular flexibility index (Phi) is 5.83. The Morgan fingerprint density at radius 2 is 2.35 bits per heavy atom. The van der Waals surface area contributed by atoms with Gasteiger partial charge in [0.15, 0.2) is 0 Å². The SMILES string of the molecule is COc1cc(C)ccc1C(CCCC1CCCO1)NN. The first-order valence-corrected chi connectivity index (χ1v) is 7.47. The Labute approximate surface area is 121 Å². The van der Waals surface area contributed by atoms with Crippen LogP contribution in [0.15, 0.2) is 18.2 Å². The summed E-state index contributed by atoms with van der Waals surface area (Å²) in [7, 11) is 1.71. The lowest BCUT2D eigenvalue weighted by Crippen LogP contribution is -2.28. The van der Waals surface area contributed by atoms with Gasteiger partial charge in [-0.2, -0.15) is 0 Å². The zero-order chi connectivity index (χ0) is 14.4. The Bertz CT molecular complexity index is 417. The third-order valence-electron chi connectivity index (χ3n) is 4.01. The summed E-state index contributed by atoms with van der Waals surface area (Å²) in [4.78, 5) is 0. The molecule has 2 atom stereocenters. The van der Waals surface area contributed by atoms with Gasteiger partial charge in [-0.15, -0.1) is 0 Å². The number of methoxy groups -OCH3 is 1. The first kappa shape index (κ1) is 15.3. The molecule has 1 aliphatic rings. The second kappa shape index (κ2) is 7.62. The van der Waals surface area contributed by atoms with Gasteiger partial charge >= 0.3 is 0 Å². The molecule has 0 bridgehead atoms. The Hall–Kier alpha value is -1.10. The van der Waals surface area contributed by atoms with Gasteiger partial charge in [0, 0.05) is 18.2 Å². The summed E-state index contributed by atoms with van der Waals surface area (Å²) in [6.45, 7) is 2.99. The van der Waals surface area contributed by atoms with Crippen LogP contribution < -0.4 is 16.0 Å². The zero-order valence-electron chi connectivity index (χ0n) is 12.5. The fourth-order valence-electron chi connectivity index (χ4n) is 2.86. The molecule has 1 heterocycles. The lowest BCUT2D eigenvalue weighted by molar-refractivity contribution is 0.101. The monoisotopic (exact) mass is 278 g/mol. The van der Waals surface area contributed by atoms with Crippen LogP contribution in [0.1, 0.15) is 49.3 Å². The van der Waals surface area contributed by atoms with Crippen molar-refractivity contribution in [3.8, 4) is 5.75 Å². The molecule has 2 rings (SSSR count). The Balaban J connectivity index is 1.93. The van der Waals surface area contributed by atoms with E-state index < -0.39 is 0 Å². The molecule has 1 saturated heterocycles. The molecule has 1 aromatic carbocycles. The topological polar surface area (TPSA) is 56.5 Å². The minimum absolute atomic E-state index is 0.131. The molecule has 0 aliphatic carbocycles. The quantitative estimate of drug-likeness (QED) is 0.595. The third-order valence-corrected chi connectivity index (χ3v) is 4.01. The van der Waals surface area contributed by atoms with Crippen molar-refractivity contribution in [2.24, 2.45) is 5.84 Å². The van der Waals surface area contributed by atoms with Gasteiger partial charge in [-0.1, -0.05) is 12.1 Å². The van der Waals surface area contributed by atoms with Gasteiger partial charge in [0.25, 0.3) is 0 Å². The molecule has 4 heteroatoms. The fraction of sp³-hybridized carbons (Fsp3) is 0.625. The number of nitrogens with one attached hydrogen (secondary N) is 1. The summed E-state index contributed by atoms with van der Waals surface area (Å²) in [5, 5.41) is 0. The third kappa shape index (κ3) is 3.95. The van der Waals surface area contributed by atoms with Gasteiger partial charge in [0.1, 0.15) is 5.75 Å². The van der Waals surface area contributed by atoms with Gasteiger partial charge in [-0.3, -0.25) is 11.3 Å². The molecule has 3 N–H and O–H groups in total. The minimum atomic E-state index is 0.131. The van der Waals surface area contributed by atoms with Crippen LogP contribution in [0.2, 0.25) is 0 Å². The number of ether oxygens (including phenoxy) is 2. The molecule has 4 nitrogen and oxygen atoms in total. The molecule has 112 valence electrons. The van der Waals surface area contributed by atoms with Crippen molar-refractivity contribution in [2.75, 3.05) is 13.7 Å². The van der Waals surface area contributed by atoms with E-state index >= 15 is 0 Å². The molecular weight excluding hydrogens is 252 g/mol. The number of hydrogen-bond acceptors (Lipinski definition) is 4. The van der Waals surface area contributed by atoms with E-state index in [1.807, 2.05) is 0 Å². The number of benzene rings is 1. The molecule has 0 aromatic heterocycles. The highest BCUT2D eigenvalue weighted by Crippen LogP contribution is 2.29. The molecule has 0 amide bonds. The van der Waals surface area contributed by atoms with Crippen LogP contribution >= 0.6 is 0 Å². The lowest BCUT2D eigenvalue weighted by Gasteiger charge is -2.20. The summed E-state index contributed by atoms with van der Waals surface area (Å²) in [6, 6.07) is 6.39. The van der Waals surface area contributed by atoms with E-state index in [0.29, 0.717) is 6.10 Å². The van der Waals surface area contributed by atoms with Crippen molar-refractivity contribution in [1.82, 2.24) is 5.43 Å². The van der Waals surface area contributed by atoms with Gasteiger partial charge in [0.2, 0.25) is 0 Å². The zero-order valence-corrected chi connectivity index (χ0v) is 12.5. The van der Waals surface area contributed by atoms with Gasteiger partial charge in [0.05, 0.1) is 13.2 Å². The van der Waals surface area contributed by atoms with Crippen molar-refractivity contribution in [2.45, 2.75) is 51.2 Å². The summed E-state index contributed by atoms with van der Waals surface area (Å²) in [6.07, 6.45) is 6.08. The predicted molar refractivity (Wildman–Crippen MR) is 80.6 cm³/mol. The maximum absolute atomic E-state index is 5.72. The van der Waals surface area contributed by atoms with Gasteiger partial charge < -0.3 is 9.47 Å². The van der Waals surface area contributed by atoms with E-state index in [2.05, 4.69) is 30.5 Å². The van der Waals surface area contributed by atoms with E-state index in [4.69, 9.17) is 15.3 Å². The summed E-state index contributed by atoms with van der Waals surface area (Å²) in [5.41, 5.74) is 5.24. The van der Waals surface area contributed by atoms with Crippen LogP contribution in [0, 0.1) is 6.92 Å². The molecule has 1 aromatic rings. The highest BCUT2D eigenvalue weighted by Gasteiger charge is 2.18. The molecule has 0 spiro atoms. The normalized spacial score (nSPS) is 20.1. The lowest BCUT2D eigenvalue weighted by atomic mass is 9.98. The molecular formula is C16H26N2O2. The average Bonchev–Trinajstić information content (AvgIpc) is 2.97. The predicted octanol–water partition coefficient (Wildman–Crippen LogP) is 2.86. The van der Waals surface area contributed by atoms with Gasteiger partial charge in [-0.25, -0.2) is 0 Å². The maximum Gasteiger partial charge on any atom is 0.123 e. The second-order valence-electron chi connectivity index (χ2n) is 5.53. The fourth-order valence-corrected chi connectivity index (χ4v) is 2.86. The van der Waals surface area contributed by atoms with Crippen LogP contribution in [-0.2, 0) is 4.74 Å². The molecule has 1 fully saturated rings. The maximum atomic E-state index is 5.72. The summed E-state index contributed by atoms with van der Waals surface area (Å²) < 4.78 is 11.1. The Morgan fingerprint density at radius 1 is 1.50 bits per heavy atom. The van der Waals surface area contributed by atoms with Crippen molar-refractivity contribution in [3.05, 3.63) is 29.3 Å². The average molecular weight is 278 g/mol. The van der Waals surface area contributed by atoms with Crippen LogP contribution in [0.4, 0.5) is 0 Å². The van der Waals surface area contributed by atoms with Crippen molar-refractivity contribution in [1.29, 1.82) is 0 Å². The molecule has 1 aliphatic heterocycles. The van der Waals surface area contributed by atoms with Crippen LogP contribution in [0.25, 0.3) is 0 Å². The van der Waals surface area contributed by atoms with E-state index in [1.165, 1.54) is 18.4 Å². The van der Waals surface area contributed by atoms with Gasteiger partial charge in [-0.05, 0) is 50.7 Å². The molecule has 2 unspecified atom stereocenters. The van der Waals surface area contributed by atoms with E-state index in [0.717, 1.165) is 37.2 Å². The summed E-state index contributed by atoms with van der Waals surface area (Å²) in [5.74, 6) is 6.63. The molecule has 20 heavy (non-hydrogen) atoms. The highest BCUT2D eigenvalue weighted by atomic mass is 16.5. The number of hydrogen-bond donors (Lipinski definition) is 2. The van der Waals surface area contributed by atoms with Crippen molar-refractivity contribution < 1.29 is 9.47 Å². The van der Waals surface area contributed by atoms with E-state index in [9.17, 15) is 0 Å². The minimum Gasteiger partial charge on any atom is -0.496 e.